The summed E-state index contributed by atoms with van der Waals surface area (Å²) in [4.78, 5) is 42.2. The lowest BCUT2D eigenvalue weighted by Gasteiger charge is -2.16. The minimum Gasteiger partial charge on any atom is -0.490 e. The van der Waals surface area contributed by atoms with Crippen LogP contribution < -0.4 is 25.8 Å². The second kappa shape index (κ2) is 11.6. The molecule has 0 radical (unpaired) electrons. The van der Waals surface area contributed by atoms with Gasteiger partial charge in [-0.1, -0.05) is 0 Å². The maximum Gasteiger partial charge on any atom is 0.252 e. The Balaban J connectivity index is 1.28. The fourth-order valence-electron chi connectivity index (χ4n) is 4.23. The van der Waals surface area contributed by atoms with Crippen molar-refractivity contribution < 1.29 is 33.0 Å². The van der Waals surface area contributed by atoms with Crippen molar-refractivity contribution in [3.8, 4) is 17.2 Å². The Labute approximate surface area is 234 Å². The number of anilines is 2. The van der Waals surface area contributed by atoms with Gasteiger partial charge in [0.05, 0.1) is 17.7 Å². The molecule has 1 aliphatic carbocycles. The zero-order valence-electron chi connectivity index (χ0n) is 22.1. The molecular formula is C30H27FN4O6. The zero-order valence-corrected chi connectivity index (χ0v) is 22.1. The Morgan fingerprint density at radius 2 is 1.54 bits per heavy atom. The Morgan fingerprint density at radius 3 is 2.12 bits per heavy atom. The van der Waals surface area contributed by atoms with Gasteiger partial charge in [-0.3, -0.25) is 19.4 Å². The third kappa shape index (κ3) is 6.10. The SMILES string of the molecule is COCCOc1cc2nccc(Oc3ccc(NC(=O)C4(C(=O)Nc5ccc(F)cc5)CC4)cc3)c2cc1C(N)=O. The molecule has 1 heterocycles. The van der Waals surface area contributed by atoms with Crippen molar-refractivity contribution in [3.05, 3.63) is 84.3 Å². The van der Waals surface area contributed by atoms with E-state index in [-0.39, 0.29) is 12.2 Å². The molecule has 4 N–H and O–H groups in total. The standard InChI is InChI=1S/C30H27FN4O6/c1-39-14-15-40-26-17-24-22(16-23(26)27(32)36)25(10-13-33-24)41-21-8-6-20(7-9-21)35-29(38)30(11-12-30)28(37)34-19-4-2-18(31)3-5-19/h2-10,13,16-17H,11-12,14-15H2,1H3,(H2,32,36)(H,34,37)(H,35,38). The number of ether oxygens (including phenoxy) is 3. The van der Waals surface area contributed by atoms with Crippen LogP contribution in [0.25, 0.3) is 10.9 Å². The molecule has 0 unspecified atom stereocenters. The molecule has 0 atom stereocenters. The van der Waals surface area contributed by atoms with Crippen LogP contribution in [0.3, 0.4) is 0 Å². The van der Waals surface area contributed by atoms with Gasteiger partial charge in [0, 0.05) is 36.1 Å². The number of nitrogens with one attached hydrogen (secondary N) is 2. The number of fused-ring (bicyclic) bond motifs is 1. The Kier molecular flexibility index (Phi) is 7.79. The van der Waals surface area contributed by atoms with Gasteiger partial charge in [0.15, 0.2) is 0 Å². The van der Waals surface area contributed by atoms with Crippen LogP contribution in [-0.2, 0) is 14.3 Å². The lowest BCUT2D eigenvalue weighted by Crippen LogP contribution is -2.35. The molecule has 1 saturated carbocycles. The number of nitrogens with zero attached hydrogens (tertiary/aromatic N) is 1. The van der Waals surface area contributed by atoms with Crippen molar-refractivity contribution >= 4 is 40.0 Å². The molecule has 1 aromatic heterocycles. The summed E-state index contributed by atoms with van der Waals surface area (Å²) in [5.41, 5.74) is 6.02. The summed E-state index contributed by atoms with van der Waals surface area (Å²) in [5, 5.41) is 6.03. The van der Waals surface area contributed by atoms with E-state index >= 15 is 0 Å². The first kappa shape index (κ1) is 27.5. The largest absolute Gasteiger partial charge is 0.490 e. The summed E-state index contributed by atoms with van der Waals surface area (Å²) >= 11 is 0. The number of hydrogen-bond acceptors (Lipinski definition) is 7. The predicted molar refractivity (Wildman–Crippen MR) is 149 cm³/mol. The Hall–Kier alpha value is -5.03. The topological polar surface area (TPSA) is 142 Å². The van der Waals surface area contributed by atoms with Crippen molar-refractivity contribution in [1.82, 2.24) is 4.98 Å². The molecule has 0 bridgehead atoms. The average Bonchev–Trinajstić information content (AvgIpc) is 3.78. The van der Waals surface area contributed by atoms with Crippen LogP contribution >= 0.6 is 0 Å². The molecule has 11 heteroatoms. The summed E-state index contributed by atoms with van der Waals surface area (Å²) in [5.74, 6) is -0.735. The van der Waals surface area contributed by atoms with Gasteiger partial charge >= 0.3 is 0 Å². The number of carbonyl (C=O) groups is 3. The highest BCUT2D eigenvalue weighted by atomic mass is 19.1. The number of hydrogen-bond donors (Lipinski definition) is 3. The van der Waals surface area contributed by atoms with E-state index in [4.69, 9.17) is 19.9 Å². The van der Waals surface area contributed by atoms with Gasteiger partial charge in [-0.05, 0) is 73.5 Å². The summed E-state index contributed by atoms with van der Waals surface area (Å²) in [6, 6.07) is 16.8. The minimum absolute atomic E-state index is 0.182. The number of halogens is 1. The Morgan fingerprint density at radius 1 is 0.902 bits per heavy atom. The summed E-state index contributed by atoms with van der Waals surface area (Å²) in [6.45, 7) is 0.578. The van der Waals surface area contributed by atoms with Crippen LogP contribution in [0.5, 0.6) is 17.2 Å². The molecule has 210 valence electrons. The number of aromatic nitrogens is 1. The van der Waals surface area contributed by atoms with Crippen molar-refractivity contribution in [2.24, 2.45) is 11.1 Å². The molecular weight excluding hydrogens is 531 g/mol. The van der Waals surface area contributed by atoms with E-state index < -0.39 is 29.0 Å². The van der Waals surface area contributed by atoms with E-state index in [1.807, 2.05) is 0 Å². The zero-order chi connectivity index (χ0) is 29.0. The number of benzene rings is 3. The average molecular weight is 559 g/mol. The second-order valence-electron chi connectivity index (χ2n) is 9.50. The van der Waals surface area contributed by atoms with Gasteiger partial charge in [-0.25, -0.2) is 4.39 Å². The van der Waals surface area contributed by atoms with E-state index in [0.29, 0.717) is 59.0 Å². The van der Waals surface area contributed by atoms with Crippen LogP contribution in [0, 0.1) is 11.2 Å². The quantitative estimate of drug-likeness (QED) is 0.180. The number of pyridine rings is 1. The van der Waals surface area contributed by atoms with Gasteiger partial charge < -0.3 is 30.6 Å². The van der Waals surface area contributed by atoms with E-state index in [1.165, 1.54) is 24.3 Å². The summed E-state index contributed by atoms with van der Waals surface area (Å²) in [7, 11) is 1.55. The molecule has 0 aliphatic heterocycles. The molecule has 1 fully saturated rings. The number of amides is 3. The number of methoxy groups -OCH3 is 1. The number of primary amides is 1. The van der Waals surface area contributed by atoms with Gasteiger partial charge in [-0.2, -0.15) is 0 Å². The highest BCUT2D eigenvalue weighted by Gasteiger charge is 2.56. The van der Waals surface area contributed by atoms with Crippen LogP contribution in [0.2, 0.25) is 0 Å². The third-order valence-corrected chi connectivity index (χ3v) is 6.67. The van der Waals surface area contributed by atoms with Gasteiger partial charge in [0.1, 0.15) is 35.1 Å². The summed E-state index contributed by atoms with van der Waals surface area (Å²) in [6.07, 6.45) is 2.39. The van der Waals surface area contributed by atoms with E-state index in [1.54, 1.807) is 55.8 Å². The normalized spacial score (nSPS) is 13.3. The van der Waals surface area contributed by atoms with E-state index in [0.717, 1.165) is 0 Å². The second-order valence-corrected chi connectivity index (χ2v) is 9.50. The van der Waals surface area contributed by atoms with E-state index in [9.17, 15) is 18.8 Å². The number of rotatable bonds is 11. The Bertz CT molecular complexity index is 1600. The van der Waals surface area contributed by atoms with Gasteiger partial charge in [0.25, 0.3) is 5.91 Å². The first-order valence-corrected chi connectivity index (χ1v) is 12.8. The first-order valence-electron chi connectivity index (χ1n) is 12.8. The number of nitrogens with two attached hydrogens (primary N) is 1. The third-order valence-electron chi connectivity index (χ3n) is 6.67. The predicted octanol–water partition coefficient (Wildman–Crippen LogP) is 4.65. The molecule has 41 heavy (non-hydrogen) atoms. The van der Waals surface area contributed by atoms with Crippen molar-refractivity contribution in [2.75, 3.05) is 31.0 Å². The molecule has 10 nitrogen and oxygen atoms in total. The van der Waals surface area contributed by atoms with Crippen LogP contribution in [0.15, 0.2) is 72.9 Å². The van der Waals surface area contributed by atoms with Crippen LogP contribution in [0.4, 0.5) is 15.8 Å². The van der Waals surface area contributed by atoms with Crippen molar-refractivity contribution in [2.45, 2.75) is 12.8 Å². The van der Waals surface area contributed by atoms with Crippen molar-refractivity contribution in [3.63, 3.8) is 0 Å². The highest BCUT2D eigenvalue weighted by Crippen LogP contribution is 2.47. The molecule has 0 spiro atoms. The number of carbonyl (C=O) groups excluding carboxylic acids is 3. The van der Waals surface area contributed by atoms with Gasteiger partial charge in [-0.15, -0.1) is 0 Å². The molecule has 3 amide bonds. The van der Waals surface area contributed by atoms with Crippen LogP contribution in [0.1, 0.15) is 23.2 Å². The maximum atomic E-state index is 13.2. The fourth-order valence-corrected chi connectivity index (χ4v) is 4.23. The molecule has 3 aromatic carbocycles. The summed E-state index contributed by atoms with van der Waals surface area (Å²) < 4.78 is 29.9. The fraction of sp³-hybridized carbons (Fsp3) is 0.200. The molecule has 1 aliphatic rings. The van der Waals surface area contributed by atoms with E-state index in [2.05, 4.69) is 15.6 Å². The highest BCUT2D eigenvalue weighted by molar-refractivity contribution is 6.16. The first-order chi connectivity index (χ1) is 19.8. The maximum absolute atomic E-state index is 13.2. The molecule has 0 saturated heterocycles. The smallest absolute Gasteiger partial charge is 0.252 e. The lowest BCUT2D eigenvalue weighted by atomic mass is 10.0. The monoisotopic (exact) mass is 558 g/mol. The van der Waals surface area contributed by atoms with Gasteiger partial charge in [0.2, 0.25) is 11.8 Å². The van der Waals surface area contributed by atoms with Crippen molar-refractivity contribution in [1.29, 1.82) is 0 Å². The van der Waals surface area contributed by atoms with Crippen LogP contribution in [-0.4, -0.2) is 43.0 Å². The molecule has 5 rings (SSSR count). The minimum atomic E-state index is -1.18. The lowest BCUT2D eigenvalue weighted by molar-refractivity contribution is -0.131. The molecule has 4 aromatic rings.